The van der Waals surface area contributed by atoms with Crippen LogP contribution in [0.25, 0.3) is 10.9 Å². The van der Waals surface area contributed by atoms with Crippen molar-refractivity contribution in [2.75, 3.05) is 13.7 Å². The first kappa shape index (κ1) is 13.9. The Labute approximate surface area is 115 Å². The molecular weight excluding hydrogens is 236 g/mol. The fraction of sp³-hybridized carbons (Fsp3) is 0.500. The monoisotopic (exact) mass is 260 g/mol. The number of hydrogen-bond acceptors (Lipinski definition) is 2. The molecule has 3 nitrogen and oxygen atoms in total. The van der Waals surface area contributed by atoms with Crippen LogP contribution in [0.2, 0.25) is 0 Å². The molecule has 0 radical (unpaired) electrons. The molecule has 1 aromatic carbocycles. The lowest BCUT2D eigenvalue weighted by Gasteiger charge is -2.07. The summed E-state index contributed by atoms with van der Waals surface area (Å²) in [4.78, 5) is 0. The van der Waals surface area contributed by atoms with Gasteiger partial charge >= 0.3 is 0 Å². The average Bonchev–Trinajstić information content (AvgIpc) is 2.69. The lowest BCUT2D eigenvalue weighted by Crippen LogP contribution is -2.12. The molecule has 0 saturated heterocycles. The quantitative estimate of drug-likeness (QED) is 0.860. The molecule has 0 aliphatic heterocycles. The first-order valence-electron chi connectivity index (χ1n) is 7.09. The number of fused-ring (bicyclic) bond motifs is 1. The molecule has 1 heterocycles. The molecule has 0 spiro atoms. The van der Waals surface area contributed by atoms with Crippen molar-refractivity contribution in [1.82, 2.24) is 9.88 Å². The van der Waals surface area contributed by atoms with Gasteiger partial charge in [-0.15, -0.1) is 0 Å². The van der Waals surface area contributed by atoms with E-state index in [-0.39, 0.29) is 0 Å². The molecule has 0 atom stereocenters. The summed E-state index contributed by atoms with van der Waals surface area (Å²) >= 11 is 0. The van der Waals surface area contributed by atoms with E-state index in [1.54, 1.807) is 7.11 Å². The summed E-state index contributed by atoms with van der Waals surface area (Å²) in [7, 11) is 1.72. The minimum atomic E-state index is 0.919. The Balaban J connectivity index is 2.58. The molecule has 0 bridgehead atoms. The van der Waals surface area contributed by atoms with E-state index in [9.17, 15) is 0 Å². The van der Waals surface area contributed by atoms with Crippen LogP contribution >= 0.6 is 0 Å². The number of rotatable bonds is 6. The summed E-state index contributed by atoms with van der Waals surface area (Å²) in [6.45, 7) is 9.56. The number of ether oxygens (including phenoxy) is 1. The van der Waals surface area contributed by atoms with E-state index in [4.69, 9.17) is 4.74 Å². The van der Waals surface area contributed by atoms with Gasteiger partial charge in [0.15, 0.2) is 0 Å². The van der Waals surface area contributed by atoms with Gasteiger partial charge in [-0.3, -0.25) is 0 Å². The zero-order valence-corrected chi connectivity index (χ0v) is 12.4. The minimum absolute atomic E-state index is 0.919. The van der Waals surface area contributed by atoms with Gasteiger partial charge in [0.25, 0.3) is 0 Å². The molecule has 0 fully saturated rings. The molecule has 2 aromatic rings. The largest absolute Gasteiger partial charge is 0.497 e. The third-order valence-electron chi connectivity index (χ3n) is 3.66. The zero-order valence-electron chi connectivity index (χ0n) is 12.4. The highest BCUT2D eigenvalue weighted by molar-refractivity contribution is 5.87. The number of aryl methyl sites for hydroxylation is 1. The summed E-state index contributed by atoms with van der Waals surface area (Å²) in [5.41, 5.74) is 4.07. The van der Waals surface area contributed by atoms with Gasteiger partial charge in [0, 0.05) is 29.7 Å². The summed E-state index contributed by atoms with van der Waals surface area (Å²) in [5.74, 6) is 0.930. The molecule has 2 rings (SSSR count). The predicted molar refractivity (Wildman–Crippen MR) is 80.9 cm³/mol. The van der Waals surface area contributed by atoms with Crippen LogP contribution in [0.4, 0.5) is 0 Å². The second kappa shape index (κ2) is 6.11. The second-order valence-electron chi connectivity index (χ2n) is 4.88. The van der Waals surface area contributed by atoms with E-state index in [0.29, 0.717) is 0 Å². The van der Waals surface area contributed by atoms with Gasteiger partial charge in [-0.2, -0.15) is 0 Å². The van der Waals surface area contributed by atoms with Crippen molar-refractivity contribution < 1.29 is 4.74 Å². The van der Waals surface area contributed by atoms with Crippen LogP contribution in [0.15, 0.2) is 18.2 Å². The van der Waals surface area contributed by atoms with Crippen LogP contribution in [0, 0.1) is 6.92 Å². The van der Waals surface area contributed by atoms with Gasteiger partial charge in [-0.05, 0) is 43.7 Å². The third kappa shape index (κ3) is 2.61. The summed E-state index contributed by atoms with van der Waals surface area (Å²) in [5, 5.41) is 4.75. The normalized spacial score (nSPS) is 11.2. The second-order valence-corrected chi connectivity index (χ2v) is 4.88. The van der Waals surface area contributed by atoms with Gasteiger partial charge in [0.1, 0.15) is 5.75 Å². The van der Waals surface area contributed by atoms with Crippen LogP contribution in [-0.4, -0.2) is 18.2 Å². The van der Waals surface area contributed by atoms with Gasteiger partial charge < -0.3 is 14.6 Å². The predicted octanol–water partition coefficient (Wildman–Crippen LogP) is 3.48. The van der Waals surface area contributed by atoms with Gasteiger partial charge in [-0.25, -0.2) is 0 Å². The lowest BCUT2D eigenvalue weighted by molar-refractivity contribution is 0.415. The molecular formula is C16H24N2O. The van der Waals surface area contributed by atoms with Gasteiger partial charge in [0.05, 0.1) is 7.11 Å². The number of aromatic nitrogens is 1. The van der Waals surface area contributed by atoms with Gasteiger partial charge in [-0.1, -0.05) is 13.8 Å². The highest BCUT2D eigenvalue weighted by Gasteiger charge is 2.13. The van der Waals surface area contributed by atoms with E-state index >= 15 is 0 Å². The number of benzene rings is 1. The average molecular weight is 260 g/mol. The number of nitrogens with zero attached hydrogens (tertiary/aromatic N) is 1. The van der Waals surface area contributed by atoms with Crippen molar-refractivity contribution >= 4 is 10.9 Å². The maximum Gasteiger partial charge on any atom is 0.119 e. The smallest absolute Gasteiger partial charge is 0.119 e. The highest BCUT2D eigenvalue weighted by Crippen LogP contribution is 2.29. The summed E-state index contributed by atoms with van der Waals surface area (Å²) < 4.78 is 7.78. The van der Waals surface area contributed by atoms with E-state index < -0.39 is 0 Å². The van der Waals surface area contributed by atoms with Crippen LogP contribution < -0.4 is 10.1 Å². The fourth-order valence-electron chi connectivity index (χ4n) is 2.64. The number of nitrogens with one attached hydrogen (secondary N) is 1. The fourth-order valence-corrected chi connectivity index (χ4v) is 2.64. The Morgan fingerprint density at radius 2 is 2.05 bits per heavy atom. The standard InChI is InChI=1S/C16H24N2O/c1-5-9-18-12(3)15(11-17-6-2)14-10-13(19-4)7-8-16(14)18/h7-8,10,17H,5-6,9,11H2,1-4H3. The molecule has 19 heavy (non-hydrogen) atoms. The molecule has 0 aliphatic carbocycles. The maximum absolute atomic E-state index is 5.36. The van der Waals surface area contributed by atoms with Crippen molar-refractivity contribution in [3.05, 3.63) is 29.5 Å². The number of hydrogen-bond donors (Lipinski definition) is 1. The molecule has 104 valence electrons. The molecule has 1 aromatic heterocycles. The topological polar surface area (TPSA) is 26.2 Å². The van der Waals surface area contributed by atoms with Crippen molar-refractivity contribution in [2.24, 2.45) is 0 Å². The van der Waals surface area contributed by atoms with Crippen molar-refractivity contribution in [3.8, 4) is 5.75 Å². The first-order chi connectivity index (χ1) is 9.22. The molecule has 0 saturated carbocycles. The number of methoxy groups -OCH3 is 1. The first-order valence-corrected chi connectivity index (χ1v) is 7.09. The minimum Gasteiger partial charge on any atom is -0.497 e. The third-order valence-corrected chi connectivity index (χ3v) is 3.66. The van der Waals surface area contributed by atoms with Crippen molar-refractivity contribution in [1.29, 1.82) is 0 Å². The van der Waals surface area contributed by atoms with E-state index in [1.807, 2.05) is 6.07 Å². The Morgan fingerprint density at radius 1 is 1.26 bits per heavy atom. The SMILES string of the molecule is CCCn1c(C)c(CNCC)c2cc(OC)ccc21. The molecule has 0 aliphatic rings. The van der Waals surface area contributed by atoms with Crippen LogP contribution in [0.3, 0.4) is 0 Å². The Morgan fingerprint density at radius 3 is 2.68 bits per heavy atom. The lowest BCUT2D eigenvalue weighted by atomic mass is 10.1. The van der Waals surface area contributed by atoms with Crippen LogP contribution in [-0.2, 0) is 13.1 Å². The van der Waals surface area contributed by atoms with Gasteiger partial charge in [0.2, 0.25) is 0 Å². The maximum atomic E-state index is 5.36. The molecule has 0 amide bonds. The van der Waals surface area contributed by atoms with E-state index in [2.05, 4.69) is 42.8 Å². The van der Waals surface area contributed by atoms with Crippen LogP contribution in [0.1, 0.15) is 31.5 Å². The highest BCUT2D eigenvalue weighted by atomic mass is 16.5. The summed E-state index contributed by atoms with van der Waals surface area (Å²) in [6.07, 6.45) is 1.15. The Kier molecular flexibility index (Phi) is 4.48. The Hall–Kier alpha value is -1.48. The molecule has 0 unspecified atom stereocenters. The van der Waals surface area contributed by atoms with Crippen molar-refractivity contribution in [3.63, 3.8) is 0 Å². The summed E-state index contributed by atoms with van der Waals surface area (Å²) in [6, 6.07) is 6.37. The van der Waals surface area contributed by atoms with E-state index in [0.717, 1.165) is 31.8 Å². The molecule has 1 N–H and O–H groups in total. The van der Waals surface area contributed by atoms with Crippen molar-refractivity contribution in [2.45, 2.75) is 40.3 Å². The zero-order chi connectivity index (χ0) is 13.8. The van der Waals surface area contributed by atoms with Crippen LogP contribution in [0.5, 0.6) is 5.75 Å². The van der Waals surface area contributed by atoms with E-state index in [1.165, 1.54) is 22.2 Å². The Bertz CT molecular complexity index is 557. The molecule has 3 heteroatoms.